The number of benzene rings is 1. The van der Waals surface area contributed by atoms with E-state index in [0.717, 1.165) is 29.7 Å². The lowest BCUT2D eigenvalue weighted by molar-refractivity contribution is -0.125. The zero-order valence-corrected chi connectivity index (χ0v) is 12.7. The van der Waals surface area contributed by atoms with Crippen LogP contribution in [0.4, 0.5) is 5.69 Å². The van der Waals surface area contributed by atoms with Crippen LogP contribution in [0.1, 0.15) is 50.7 Å². The smallest absolute Gasteiger partial charge is 0.234 e. The molecule has 0 spiro atoms. The second kappa shape index (κ2) is 5.17. The summed E-state index contributed by atoms with van der Waals surface area (Å²) >= 11 is 0. The van der Waals surface area contributed by atoms with E-state index in [1.807, 2.05) is 32.0 Å². The predicted molar refractivity (Wildman–Crippen MR) is 81.9 cm³/mol. The van der Waals surface area contributed by atoms with Gasteiger partial charge >= 0.3 is 0 Å². The maximum absolute atomic E-state index is 12.1. The average Bonchev–Trinajstić information content (AvgIpc) is 3.05. The minimum absolute atomic E-state index is 0.0321. The quantitative estimate of drug-likeness (QED) is 0.897. The molecule has 21 heavy (non-hydrogen) atoms. The maximum Gasteiger partial charge on any atom is 0.234 e. The third kappa shape index (κ3) is 2.55. The number of anilines is 1. The van der Waals surface area contributed by atoms with Crippen LogP contribution < -0.4 is 10.6 Å². The third-order valence-electron chi connectivity index (χ3n) is 4.77. The molecule has 4 heteroatoms. The van der Waals surface area contributed by atoms with E-state index < -0.39 is 5.41 Å². The molecule has 1 heterocycles. The zero-order valence-electron chi connectivity index (χ0n) is 12.7. The Hall–Kier alpha value is -1.84. The van der Waals surface area contributed by atoms with E-state index in [4.69, 9.17) is 0 Å². The summed E-state index contributed by atoms with van der Waals surface area (Å²) in [6.07, 6.45) is 4.36. The van der Waals surface area contributed by atoms with E-state index in [1.165, 1.54) is 12.8 Å². The fourth-order valence-corrected chi connectivity index (χ4v) is 3.25. The van der Waals surface area contributed by atoms with Gasteiger partial charge in [0.1, 0.15) is 0 Å². The van der Waals surface area contributed by atoms with E-state index in [1.54, 1.807) is 0 Å². The normalized spacial score (nSPS) is 20.2. The molecular weight excluding hydrogens is 264 g/mol. The van der Waals surface area contributed by atoms with Crippen LogP contribution in [0.3, 0.4) is 0 Å². The standard InChI is InChI=1S/C17H22N2O2/c1-17(2)13-9-11(7-8-14(13)19-16(17)21)10-18-15(20)12-5-3-4-6-12/h7-9,12H,3-6,10H2,1-2H3,(H,18,20)(H,19,21). The van der Waals surface area contributed by atoms with Crippen LogP contribution >= 0.6 is 0 Å². The van der Waals surface area contributed by atoms with E-state index in [0.29, 0.717) is 6.54 Å². The second-order valence-corrected chi connectivity index (χ2v) is 6.66. The van der Waals surface area contributed by atoms with E-state index >= 15 is 0 Å². The van der Waals surface area contributed by atoms with Crippen molar-refractivity contribution >= 4 is 17.5 Å². The van der Waals surface area contributed by atoms with Gasteiger partial charge in [0.15, 0.2) is 0 Å². The summed E-state index contributed by atoms with van der Waals surface area (Å²) < 4.78 is 0. The molecule has 0 radical (unpaired) electrons. The zero-order chi connectivity index (χ0) is 15.0. The van der Waals surface area contributed by atoms with Crippen LogP contribution in [-0.4, -0.2) is 11.8 Å². The number of amides is 2. The highest BCUT2D eigenvalue weighted by molar-refractivity contribution is 6.05. The molecule has 2 amide bonds. The Bertz CT molecular complexity index is 586. The lowest BCUT2D eigenvalue weighted by Crippen LogP contribution is -2.29. The lowest BCUT2D eigenvalue weighted by Gasteiger charge is -2.16. The highest BCUT2D eigenvalue weighted by atomic mass is 16.2. The molecule has 1 aliphatic carbocycles. The number of nitrogens with one attached hydrogen (secondary N) is 2. The van der Waals surface area contributed by atoms with Gasteiger partial charge in [-0.2, -0.15) is 0 Å². The van der Waals surface area contributed by atoms with Crippen molar-refractivity contribution in [2.24, 2.45) is 5.92 Å². The minimum atomic E-state index is -0.499. The molecule has 0 saturated heterocycles. The fraction of sp³-hybridized carbons (Fsp3) is 0.529. The van der Waals surface area contributed by atoms with Gasteiger partial charge in [0.25, 0.3) is 0 Å². The van der Waals surface area contributed by atoms with Crippen molar-refractivity contribution in [2.75, 3.05) is 5.32 Å². The van der Waals surface area contributed by atoms with Crippen LogP contribution in [-0.2, 0) is 21.5 Å². The van der Waals surface area contributed by atoms with Crippen molar-refractivity contribution in [3.8, 4) is 0 Å². The molecule has 2 N–H and O–H groups in total. The molecule has 0 atom stereocenters. The number of carbonyl (C=O) groups is 2. The van der Waals surface area contributed by atoms with Gasteiger partial charge in [0.2, 0.25) is 11.8 Å². The van der Waals surface area contributed by atoms with Gasteiger partial charge in [-0.15, -0.1) is 0 Å². The third-order valence-corrected chi connectivity index (χ3v) is 4.77. The molecule has 1 aromatic rings. The van der Waals surface area contributed by atoms with Gasteiger partial charge in [-0.1, -0.05) is 25.0 Å². The Balaban J connectivity index is 1.69. The molecule has 0 aromatic heterocycles. The largest absolute Gasteiger partial charge is 0.352 e. The molecular formula is C17H22N2O2. The first-order valence-corrected chi connectivity index (χ1v) is 7.71. The molecule has 2 aliphatic rings. The first-order chi connectivity index (χ1) is 9.98. The SMILES string of the molecule is CC1(C)C(=O)Nc2ccc(CNC(=O)C3CCCC3)cc21. The number of fused-ring (bicyclic) bond motifs is 1. The monoisotopic (exact) mass is 286 g/mol. The van der Waals surface area contributed by atoms with Crippen molar-refractivity contribution in [3.05, 3.63) is 29.3 Å². The van der Waals surface area contributed by atoms with Gasteiger partial charge in [-0.3, -0.25) is 9.59 Å². The Morgan fingerprint density at radius 1 is 1.33 bits per heavy atom. The van der Waals surface area contributed by atoms with Gasteiger partial charge in [0.05, 0.1) is 5.41 Å². The summed E-state index contributed by atoms with van der Waals surface area (Å²) in [5.41, 5.74) is 2.45. The van der Waals surface area contributed by atoms with Crippen molar-refractivity contribution in [2.45, 2.75) is 51.5 Å². The molecule has 0 bridgehead atoms. The first kappa shape index (κ1) is 14.1. The number of hydrogen-bond acceptors (Lipinski definition) is 2. The summed E-state index contributed by atoms with van der Waals surface area (Å²) in [5.74, 6) is 0.394. The van der Waals surface area contributed by atoms with E-state index in [-0.39, 0.29) is 17.7 Å². The summed E-state index contributed by atoms with van der Waals surface area (Å²) in [6, 6.07) is 5.93. The van der Waals surface area contributed by atoms with Gasteiger partial charge in [0, 0.05) is 18.2 Å². The molecule has 1 saturated carbocycles. The van der Waals surface area contributed by atoms with Crippen LogP contribution in [0.5, 0.6) is 0 Å². The Kier molecular flexibility index (Phi) is 3.47. The molecule has 1 aliphatic heterocycles. The Morgan fingerprint density at radius 2 is 2.05 bits per heavy atom. The highest BCUT2D eigenvalue weighted by Gasteiger charge is 2.38. The maximum atomic E-state index is 12.1. The first-order valence-electron chi connectivity index (χ1n) is 7.71. The van der Waals surface area contributed by atoms with Crippen LogP contribution in [0.2, 0.25) is 0 Å². The van der Waals surface area contributed by atoms with Gasteiger partial charge in [-0.05, 0) is 43.9 Å². The fourth-order valence-electron chi connectivity index (χ4n) is 3.25. The molecule has 112 valence electrons. The van der Waals surface area contributed by atoms with Crippen molar-refractivity contribution in [3.63, 3.8) is 0 Å². The van der Waals surface area contributed by atoms with Crippen LogP contribution in [0.15, 0.2) is 18.2 Å². The summed E-state index contributed by atoms with van der Waals surface area (Å²) in [7, 11) is 0. The molecule has 3 rings (SSSR count). The minimum Gasteiger partial charge on any atom is -0.352 e. The number of carbonyl (C=O) groups excluding carboxylic acids is 2. The van der Waals surface area contributed by atoms with Crippen LogP contribution in [0.25, 0.3) is 0 Å². The second-order valence-electron chi connectivity index (χ2n) is 6.66. The molecule has 1 aromatic carbocycles. The highest BCUT2D eigenvalue weighted by Crippen LogP contribution is 2.37. The number of hydrogen-bond donors (Lipinski definition) is 2. The topological polar surface area (TPSA) is 58.2 Å². The van der Waals surface area contributed by atoms with Gasteiger partial charge < -0.3 is 10.6 Å². The lowest BCUT2D eigenvalue weighted by atomic mass is 9.85. The molecule has 0 unspecified atom stereocenters. The Morgan fingerprint density at radius 3 is 2.76 bits per heavy atom. The number of rotatable bonds is 3. The van der Waals surface area contributed by atoms with Crippen molar-refractivity contribution in [1.29, 1.82) is 0 Å². The van der Waals surface area contributed by atoms with Crippen molar-refractivity contribution in [1.82, 2.24) is 5.32 Å². The Labute approximate surface area is 125 Å². The van der Waals surface area contributed by atoms with Crippen molar-refractivity contribution < 1.29 is 9.59 Å². The van der Waals surface area contributed by atoms with Crippen LogP contribution in [0, 0.1) is 5.92 Å². The average molecular weight is 286 g/mol. The van der Waals surface area contributed by atoms with E-state index in [9.17, 15) is 9.59 Å². The predicted octanol–water partition coefficient (Wildman–Crippen LogP) is 2.72. The summed E-state index contributed by atoms with van der Waals surface area (Å²) in [6.45, 7) is 4.39. The summed E-state index contributed by atoms with van der Waals surface area (Å²) in [5, 5.41) is 5.92. The molecule has 4 nitrogen and oxygen atoms in total. The molecule has 1 fully saturated rings. The van der Waals surface area contributed by atoms with E-state index in [2.05, 4.69) is 10.6 Å². The summed E-state index contributed by atoms with van der Waals surface area (Å²) in [4.78, 5) is 24.0. The van der Waals surface area contributed by atoms with Gasteiger partial charge in [-0.25, -0.2) is 0 Å².